The minimum atomic E-state index is -0.284. The molecular weight excluding hydrogens is 392 g/mol. The number of amides is 1. The molecule has 3 aromatic carbocycles. The van der Waals surface area contributed by atoms with Crippen molar-refractivity contribution in [2.75, 3.05) is 19.5 Å². The van der Waals surface area contributed by atoms with Gasteiger partial charge in [-0.1, -0.05) is 11.6 Å². The molecule has 0 atom stereocenters. The van der Waals surface area contributed by atoms with Crippen molar-refractivity contribution < 1.29 is 18.7 Å². The van der Waals surface area contributed by atoms with Crippen molar-refractivity contribution in [3.8, 4) is 23.0 Å². The first kappa shape index (κ1) is 18.8. The summed E-state index contributed by atoms with van der Waals surface area (Å²) in [6.07, 6.45) is 0. The Hall–Kier alpha value is -3.51. The van der Waals surface area contributed by atoms with Crippen molar-refractivity contribution in [3.63, 3.8) is 0 Å². The summed E-state index contributed by atoms with van der Waals surface area (Å²) in [7, 11) is 3.14. The van der Waals surface area contributed by atoms with E-state index in [0.29, 0.717) is 39.0 Å². The topological polar surface area (TPSA) is 73.6 Å². The second-order valence-corrected chi connectivity index (χ2v) is 6.64. The van der Waals surface area contributed by atoms with Gasteiger partial charge in [0.05, 0.1) is 19.2 Å². The number of nitrogens with zero attached hydrogens (tertiary/aromatic N) is 1. The molecule has 6 nitrogen and oxygen atoms in total. The summed E-state index contributed by atoms with van der Waals surface area (Å²) in [5.74, 6) is 1.48. The first-order valence-electron chi connectivity index (χ1n) is 8.77. The number of halogens is 1. The lowest BCUT2D eigenvalue weighted by Gasteiger charge is -2.07. The van der Waals surface area contributed by atoms with E-state index in [9.17, 15) is 4.79 Å². The van der Waals surface area contributed by atoms with Crippen LogP contribution in [0.3, 0.4) is 0 Å². The Kier molecular flexibility index (Phi) is 5.10. The maximum Gasteiger partial charge on any atom is 0.255 e. The van der Waals surface area contributed by atoms with E-state index in [1.807, 2.05) is 24.3 Å². The van der Waals surface area contributed by atoms with Gasteiger partial charge in [-0.2, -0.15) is 0 Å². The highest BCUT2D eigenvalue weighted by atomic mass is 35.5. The summed E-state index contributed by atoms with van der Waals surface area (Å²) in [4.78, 5) is 17.0. The number of hydrogen-bond acceptors (Lipinski definition) is 5. The Morgan fingerprint density at radius 2 is 1.79 bits per heavy atom. The smallest absolute Gasteiger partial charge is 0.255 e. The number of rotatable bonds is 5. The lowest BCUT2D eigenvalue weighted by Crippen LogP contribution is -2.11. The van der Waals surface area contributed by atoms with Gasteiger partial charge >= 0.3 is 0 Å². The molecule has 146 valence electrons. The van der Waals surface area contributed by atoms with Gasteiger partial charge in [-0.3, -0.25) is 4.79 Å². The van der Waals surface area contributed by atoms with Gasteiger partial charge in [0.1, 0.15) is 17.0 Å². The van der Waals surface area contributed by atoms with E-state index >= 15 is 0 Å². The average Bonchev–Trinajstić information content (AvgIpc) is 3.17. The number of oxazole rings is 1. The second-order valence-electron chi connectivity index (χ2n) is 6.23. The van der Waals surface area contributed by atoms with E-state index in [0.717, 1.165) is 11.3 Å². The van der Waals surface area contributed by atoms with E-state index in [2.05, 4.69) is 10.3 Å². The Bertz CT molecular complexity index is 1190. The SMILES string of the molecule is COc1ccc(-c2nc3cc(NC(=O)c4ccc(OC)c(Cl)c4)ccc3o2)cc1. The van der Waals surface area contributed by atoms with Crippen LogP contribution in [0.1, 0.15) is 10.4 Å². The molecule has 4 aromatic rings. The van der Waals surface area contributed by atoms with E-state index in [1.54, 1.807) is 43.5 Å². The summed E-state index contributed by atoms with van der Waals surface area (Å²) in [5.41, 5.74) is 3.13. The molecule has 1 amide bonds. The third kappa shape index (κ3) is 3.88. The molecule has 4 rings (SSSR count). The van der Waals surface area contributed by atoms with E-state index in [-0.39, 0.29) is 5.91 Å². The van der Waals surface area contributed by atoms with Crippen molar-refractivity contribution in [1.82, 2.24) is 4.98 Å². The molecule has 0 aliphatic heterocycles. The Balaban J connectivity index is 1.57. The molecule has 0 fully saturated rings. The molecule has 0 spiro atoms. The number of methoxy groups -OCH3 is 2. The number of carbonyl (C=O) groups is 1. The van der Waals surface area contributed by atoms with Crippen LogP contribution in [-0.4, -0.2) is 25.1 Å². The van der Waals surface area contributed by atoms with Crippen LogP contribution >= 0.6 is 11.6 Å². The van der Waals surface area contributed by atoms with Gasteiger partial charge in [0.15, 0.2) is 5.58 Å². The number of hydrogen-bond donors (Lipinski definition) is 1. The number of nitrogens with one attached hydrogen (secondary N) is 1. The first-order valence-corrected chi connectivity index (χ1v) is 9.15. The highest BCUT2D eigenvalue weighted by Gasteiger charge is 2.12. The fourth-order valence-corrected chi connectivity index (χ4v) is 3.13. The van der Waals surface area contributed by atoms with E-state index < -0.39 is 0 Å². The predicted octanol–water partition coefficient (Wildman–Crippen LogP) is 5.42. The lowest BCUT2D eigenvalue weighted by molar-refractivity contribution is 0.102. The molecule has 0 radical (unpaired) electrons. The van der Waals surface area contributed by atoms with Crippen LogP contribution in [0.4, 0.5) is 5.69 Å². The number of ether oxygens (including phenoxy) is 2. The van der Waals surface area contributed by atoms with E-state index in [4.69, 9.17) is 25.5 Å². The third-order valence-electron chi connectivity index (χ3n) is 4.40. The molecule has 0 saturated heterocycles. The van der Waals surface area contributed by atoms with Gasteiger partial charge < -0.3 is 19.2 Å². The zero-order valence-electron chi connectivity index (χ0n) is 15.7. The van der Waals surface area contributed by atoms with Gasteiger partial charge in [0.25, 0.3) is 5.91 Å². The second kappa shape index (κ2) is 7.85. The Morgan fingerprint density at radius 1 is 1.00 bits per heavy atom. The number of fused-ring (bicyclic) bond motifs is 1. The number of benzene rings is 3. The largest absolute Gasteiger partial charge is 0.497 e. The van der Waals surface area contributed by atoms with Crippen LogP contribution in [0.5, 0.6) is 11.5 Å². The zero-order valence-corrected chi connectivity index (χ0v) is 16.5. The van der Waals surface area contributed by atoms with Crippen molar-refractivity contribution >= 4 is 34.3 Å². The van der Waals surface area contributed by atoms with Gasteiger partial charge in [-0.15, -0.1) is 0 Å². The fraction of sp³-hybridized carbons (Fsp3) is 0.0909. The van der Waals surface area contributed by atoms with Gasteiger partial charge in [-0.05, 0) is 60.7 Å². The fourth-order valence-electron chi connectivity index (χ4n) is 2.87. The van der Waals surface area contributed by atoms with Crippen molar-refractivity contribution in [2.24, 2.45) is 0 Å². The highest BCUT2D eigenvalue weighted by Crippen LogP contribution is 2.28. The molecule has 0 aliphatic carbocycles. The average molecular weight is 409 g/mol. The third-order valence-corrected chi connectivity index (χ3v) is 4.69. The maximum atomic E-state index is 12.5. The van der Waals surface area contributed by atoms with Crippen molar-refractivity contribution in [1.29, 1.82) is 0 Å². The highest BCUT2D eigenvalue weighted by molar-refractivity contribution is 6.32. The van der Waals surface area contributed by atoms with Crippen LogP contribution in [0.25, 0.3) is 22.6 Å². The summed E-state index contributed by atoms with van der Waals surface area (Å²) in [6.45, 7) is 0. The summed E-state index contributed by atoms with van der Waals surface area (Å²) < 4.78 is 16.1. The van der Waals surface area contributed by atoms with Gasteiger partial charge in [-0.25, -0.2) is 4.98 Å². The standard InChI is InChI=1S/C22H17ClN2O4/c1-27-16-7-3-13(4-8-16)22-25-18-12-15(6-10-20(18)29-22)24-21(26)14-5-9-19(28-2)17(23)11-14/h3-12H,1-2H3,(H,24,26). The zero-order chi connectivity index (χ0) is 20.4. The number of anilines is 1. The number of aromatic nitrogens is 1. The van der Waals surface area contributed by atoms with Crippen LogP contribution in [0, 0.1) is 0 Å². The summed E-state index contributed by atoms with van der Waals surface area (Å²) >= 11 is 6.10. The first-order chi connectivity index (χ1) is 14.1. The normalized spacial score (nSPS) is 10.7. The van der Waals surface area contributed by atoms with Crippen LogP contribution < -0.4 is 14.8 Å². The minimum Gasteiger partial charge on any atom is -0.497 e. The van der Waals surface area contributed by atoms with E-state index in [1.165, 1.54) is 7.11 Å². The van der Waals surface area contributed by atoms with Crippen molar-refractivity contribution in [2.45, 2.75) is 0 Å². The minimum absolute atomic E-state index is 0.284. The van der Waals surface area contributed by atoms with Crippen molar-refractivity contribution in [3.05, 3.63) is 71.2 Å². The van der Waals surface area contributed by atoms with Gasteiger partial charge in [0, 0.05) is 16.8 Å². The molecule has 0 unspecified atom stereocenters. The summed E-state index contributed by atoms with van der Waals surface area (Å²) in [6, 6.07) is 17.6. The Labute approximate surface area is 172 Å². The van der Waals surface area contributed by atoms with Crippen LogP contribution in [-0.2, 0) is 0 Å². The lowest BCUT2D eigenvalue weighted by atomic mass is 10.2. The molecule has 1 heterocycles. The molecule has 7 heteroatoms. The quantitative estimate of drug-likeness (QED) is 0.477. The molecular formula is C22H17ClN2O4. The van der Waals surface area contributed by atoms with Crippen LogP contribution in [0.2, 0.25) is 5.02 Å². The summed E-state index contributed by atoms with van der Waals surface area (Å²) in [5, 5.41) is 3.21. The number of carbonyl (C=O) groups excluding carboxylic acids is 1. The Morgan fingerprint density at radius 3 is 2.48 bits per heavy atom. The molecule has 0 bridgehead atoms. The maximum absolute atomic E-state index is 12.5. The monoisotopic (exact) mass is 408 g/mol. The van der Waals surface area contributed by atoms with Gasteiger partial charge in [0.2, 0.25) is 5.89 Å². The predicted molar refractivity (Wildman–Crippen MR) is 112 cm³/mol. The van der Waals surface area contributed by atoms with Crippen LogP contribution in [0.15, 0.2) is 65.1 Å². The molecule has 1 N–H and O–H groups in total. The molecule has 0 saturated carbocycles. The molecule has 0 aliphatic rings. The molecule has 1 aromatic heterocycles. The molecule has 29 heavy (non-hydrogen) atoms.